The van der Waals surface area contributed by atoms with E-state index in [1.807, 2.05) is 23.6 Å². The molecule has 126 valence electrons. The molecule has 3 aromatic rings. The lowest BCUT2D eigenvalue weighted by atomic mass is 10.1. The first-order chi connectivity index (χ1) is 12.1. The molecule has 0 aliphatic carbocycles. The summed E-state index contributed by atoms with van der Waals surface area (Å²) < 4.78 is 2.25. The number of nitrogens with one attached hydrogen (secondary N) is 1. The fourth-order valence-electron chi connectivity index (χ4n) is 3.06. The van der Waals surface area contributed by atoms with E-state index in [0.29, 0.717) is 17.2 Å². The number of aromatic nitrogens is 2. The monoisotopic (exact) mass is 350 g/mol. The average molecular weight is 350 g/mol. The van der Waals surface area contributed by atoms with Gasteiger partial charge in [0.25, 0.3) is 5.91 Å². The van der Waals surface area contributed by atoms with Crippen LogP contribution in [-0.4, -0.2) is 21.2 Å². The minimum absolute atomic E-state index is 0.189. The van der Waals surface area contributed by atoms with Crippen LogP contribution in [0.4, 0.5) is 0 Å². The Kier molecular flexibility index (Phi) is 3.97. The van der Waals surface area contributed by atoms with Gasteiger partial charge in [-0.15, -0.1) is 11.3 Å². The first-order valence-corrected chi connectivity index (χ1v) is 9.09. The van der Waals surface area contributed by atoms with Gasteiger partial charge in [0.2, 0.25) is 0 Å². The van der Waals surface area contributed by atoms with E-state index in [-0.39, 0.29) is 5.91 Å². The van der Waals surface area contributed by atoms with Gasteiger partial charge in [-0.2, -0.15) is 5.10 Å². The van der Waals surface area contributed by atoms with Gasteiger partial charge in [-0.25, -0.2) is 10.4 Å². The standard InChI is InChI=1S/C19H18N4OS/c1-12(2)10-23-11-13(14-5-3-4-6-16(14)23)9-15-17(21-22-18(15)24)19-20-7-8-25-19/h3-9,11-12H,10H2,1-2H3,(H,22,24)/b15-9-. The highest BCUT2D eigenvalue weighted by Gasteiger charge is 2.26. The van der Waals surface area contributed by atoms with Crippen LogP contribution in [0.25, 0.3) is 17.0 Å². The van der Waals surface area contributed by atoms with Crippen molar-refractivity contribution in [2.24, 2.45) is 11.0 Å². The summed E-state index contributed by atoms with van der Waals surface area (Å²) in [6, 6.07) is 8.27. The molecule has 0 atom stereocenters. The van der Waals surface area contributed by atoms with Crippen LogP contribution in [0.2, 0.25) is 0 Å². The molecule has 1 aliphatic rings. The Morgan fingerprint density at radius 2 is 2.16 bits per heavy atom. The number of fused-ring (bicyclic) bond motifs is 1. The van der Waals surface area contributed by atoms with Crippen LogP contribution < -0.4 is 5.43 Å². The molecule has 0 spiro atoms. The third kappa shape index (κ3) is 2.89. The van der Waals surface area contributed by atoms with Crippen LogP contribution in [0.3, 0.4) is 0 Å². The van der Waals surface area contributed by atoms with Crippen LogP contribution >= 0.6 is 11.3 Å². The minimum Gasteiger partial charge on any atom is -0.347 e. The number of hydrazone groups is 1. The maximum absolute atomic E-state index is 12.3. The lowest BCUT2D eigenvalue weighted by Crippen LogP contribution is -2.13. The normalized spacial score (nSPS) is 16.0. The molecule has 0 unspecified atom stereocenters. The highest BCUT2D eigenvalue weighted by molar-refractivity contribution is 7.12. The predicted octanol–water partition coefficient (Wildman–Crippen LogP) is 3.67. The zero-order valence-corrected chi connectivity index (χ0v) is 14.9. The number of para-hydroxylation sites is 1. The molecule has 0 saturated carbocycles. The molecular formula is C19H18N4OS. The summed E-state index contributed by atoms with van der Waals surface area (Å²) >= 11 is 1.47. The molecule has 1 N–H and O–H groups in total. The van der Waals surface area contributed by atoms with Gasteiger partial charge in [0, 0.05) is 40.8 Å². The summed E-state index contributed by atoms with van der Waals surface area (Å²) in [6.07, 6.45) is 5.75. The third-order valence-electron chi connectivity index (χ3n) is 4.08. The highest BCUT2D eigenvalue weighted by Crippen LogP contribution is 2.26. The largest absolute Gasteiger partial charge is 0.347 e. The van der Waals surface area contributed by atoms with E-state index in [0.717, 1.165) is 22.5 Å². The van der Waals surface area contributed by atoms with Crippen molar-refractivity contribution in [2.75, 3.05) is 0 Å². The molecule has 1 amide bonds. The van der Waals surface area contributed by atoms with E-state index >= 15 is 0 Å². The summed E-state index contributed by atoms with van der Waals surface area (Å²) in [6.45, 7) is 5.33. The van der Waals surface area contributed by atoms with Gasteiger partial charge in [-0.3, -0.25) is 4.79 Å². The summed E-state index contributed by atoms with van der Waals surface area (Å²) in [5.41, 5.74) is 5.92. The number of thiazole rings is 1. The van der Waals surface area contributed by atoms with Crippen LogP contribution in [0.1, 0.15) is 24.4 Å². The third-order valence-corrected chi connectivity index (χ3v) is 4.86. The van der Waals surface area contributed by atoms with Crippen LogP contribution in [-0.2, 0) is 11.3 Å². The molecular weight excluding hydrogens is 332 g/mol. The van der Waals surface area contributed by atoms with Crippen LogP contribution in [0.5, 0.6) is 0 Å². The first-order valence-electron chi connectivity index (χ1n) is 8.21. The van der Waals surface area contributed by atoms with Crippen LogP contribution in [0.15, 0.2) is 52.7 Å². The van der Waals surface area contributed by atoms with Crippen molar-refractivity contribution in [3.63, 3.8) is 0 Å². The second kappa shape index (κ2) is 6.29. The number of rotatable bonds is 4. The summed E-state index contributed by atoms with van der Waals surface area (Å²) in [5.74, 6) is 0.351. The molecule has 3 heterocycles. The quantitative estimate of drug-likeness (QED) is 0.730. The van der Waals surface area contributed by atoms with Gasteiger partial charge < -0.3 is 4.57 Å². The molecule has 1 aromatic carbocycles. The van der Waals surface area contributed by atoms with Gasteiger partial charge in [-0.1, -0.05) is 32.0 Å². The Labute approximate surface area is 149 Å². The van der Waals surface area contributed by atoms with Crippen molar-refractivity contribution < 1.29 is 4.79 Å². The Morgan fingerprint density at radius 3 is 2.92 bits per heavy atom. The van der Waals surface area contributed by atoms with Crippen LogP contribution in [0, 0.1) is 5.92 Å². The molecule has 6 heteroatoms. The van der Waals surface area contributed by atoms with Gasteiger partial charge in [-0.05, 0) is 18.1 Å². The molecule has 5 nitrogen and oxygen atoms in total. The van der Waals surface area contributed by atoms with Gasteiger partial charge >= 0.3 is 0 Å². The zero-order chi connectivity index (χ0) is 17.4. The van der Waals surface area contributed by atoms with E-state index in [1.54, 1.807) is 6.20 Å². The number of nitrogens with zero attached hydrogens (tertiary/aromatic N) is 3. The molecule has 0 bridgehead atoms. The average Bonchev–Trinajstić information content (AvgIpc) is 3.30. The fraction of sp³-hybridized carbons (Fsp3) is 0.211. The summed E-state index contributed by atoms with van der Waals surface area (Å²) in [7, 11) is 0. The number of hydrogen-bond acceptors (Lipinski definition) is 4. The topological polar surface area (TPSA) is 59.3 Å². The lowest BCUT2D eigenvalue weighted by Gasteiger charge is -2.07. The summed E-state index contributed by atoms with van der Waals surface area (Å²) in [4.78, 5) is 16.6. The Hall–Kier alpha value is -2.73. The SMILES string of the molecule is CC(C)Cn1cc(/C=C2\C(=O)NN=C2c2nccs2)c2ccccc21. The van der Waals surface area contributed by atoms with Crippen molar-refractivity contribution in [2.45, 2.75) is 20.4 Å². The second-order valence-electron chi connectivity index (χ2n) is 6.44. The Bertz CT molecular complexity index is 996. The molecule has 0 saturated heterocycles. The van der Waals surface area contributed by atoms with Gasteiger partial charge in [0.15, 0.2) is 0 Å². The molecule has 0 radical (unpaired) electrons. The number of benzene rings is 1. The van der Waals surface area contributed by atoms with Gasteiger partial charge in [0.05, 0.1) is 5.57 Å². The van der Waals surface area contributed by atoms with Crippen molar-refractivity contribution >= 4 is 39.9 Å². The van der Waals surface area contributed by atoms with Crippen molar-refractivity contribution in [1.82, 2.24) is 15.0 Å². The van der Waals surface area contributed by atoms with E-state index in [2.05, 4.69) is 52.3 Å². The zero-order valence-electron chi connectivity index (χ0n) is 14.1. The number of hydrogen-bond donors (Lipinski definition) is 1. The molecule has 25 heavy (non-hydrogen) atoms. The number of amides is 1. The van der Waals surface area contributed by atoms with E-state index in [4.69, 9.17) is 0 Å². The molecule has 4 rings (SSSR count). The molecule has 2 aromatic heterocycles. The van der Waals surface area contributed by atoms with Crippen molar-refractivity contribution in [3.8, 4) is 0 Å². The van der Waals surface area contributed by atoms with Crippen molar-refractivity contribution in [1.29, 1.82) is 0 Å². The number of carbonyl (C=O) groups is 1. The Balaban J connectivity index is 1.83. The highest BCUT2D eigenvalue weighted by atomic mass is 32.1. The summed E-state index contributed by atoms with van der Waals surface area (Å²) in [5, 5.41) is 7.92. The maximum atomic E-state index is 12.3. The Morgan fingerprint density at radius 1 is 1.32 bits per heavy atom. The van der Waals surface area contributed by atoms with Crippen molar-refractivity contribution in [3.05, 3.63) is 58.2 Å². The fourth-order valence-corrected chi connectivity index (χ4v) is 3.70. The smallest absolute Gasteiger partial charge is 0.273 e. The van der Waals surface area contributed by atoms with E-state index in [9.17, 15) is 4.79 Å². The van der Waals surface area contributed by atoms with E-state index < -0.39 is 0 Å². The first kappa shape index (κ1) is 15.8. The molecule has 1 aliphatic heterocycles. The van der Waals surface area contributed by atoms with E-state index in [1.165, 1.54) is 16.9 Å². The molecule has 0 fully saturated rings. The second-order valence-corrected chi connectivity index (χ2v) is 7.34. The lowest BCUT2D eigenvalue weighted by molar-refractivity contribution is -0.116. The minimum atomic E-state index is -0.189. The predicted molar refractivity (Wildman–Crippen MR) is 102 cm³/mol. The number of carbonyl (C=O) groups excluding carboxylic acids is 1. The van der Waals surface area contributed by atoms with Gasteiger partial charge in [0.1, 0.15) is 10.7 Å². The maximum Gasteiger partial charge on any atom is 0.273 e.